The Hall–Kier alpha value is -1.42. The number of piperidine rings is 1. The molecule has 1 aliphatic heterocycles. The van der Waals surface area contributed by atoms with E-state index in [0.29, 0.717) is 5.92 Å². The summed E-state index contributed by atoms with van der Waals surface area (Å²) in [4.78, 5) is 14.1. The van der Waals surface area contributed by atoms with Gasteiger partial charge in [0, 0.05) is 19.1 Å². The highest BCUT2D eigenvalue weighted by atomic mass is 19.1. The third-order valence-corrected chi connectivity index (χ3v) is 3.80. The van der Waals surface area contributed by atoms with Gasteiger partial charge in [-0.1, -0.05) is 12.1 Å². The van der Waals surface area contributed by atoms with Crippen molar-refractivity contribution in [3.05, 3.63) is 35.6 Å². The zero-order valence-corrected chi connectivity index (χ0v) is 11.3. The van der Waals surface area contributed by atoms with Gasteiger partial charge in [-0.3, -0.25) is 4.79 Å². The highest BCUT2D eigenvalue weighted by molar-refractivity contribution is 5.78. The van der Waals surface area contributed by atoms with Crippen molar-refractivity contribution >= 4 is 5.91 Å². The average Bonchev–Trinajstić information content (AvgIpc) is 2.39. The molecule has 0 spiro atoms. The van der Waals surface area contributed by atoms with Gasteiger partial charge in [0.25, 0.3) is 0 Å². The maximum atomic E-state index is 13.1. The Morgan fingerprint density at radius 3 is 3.05 bits per heavy atom. The number of rotatable bonds is 3. The van der Waals surface area contributed by atoms with Gasteiger partial charge < -0.3 is 10.6 Å². The number of nitrogens with zero attached hydrogens (tertiary/aromatic N) is 1. The van der Waals surface area contributed by atoms with Crippen LogP contribution in [0.4, 0.5) is 4.39 Å². The zero-order chi connectivity index (χ0) is 13.8. The summed E-state index contributed by atoms with van der Waals surface area (Å²) in [7, 11) is 0. The quantitative estimate of drug-likeness (QED) is 0.907. The van der Waals surface area contributed by atoms with E-state index >= 15 is 0 Å². The Morgan fingerprint density at radius 1 is 1.58 bits per heavy atom. The molecule has 1 aromatic carbocycles. The number of hydrogen-bond acceptors (Lipinski definition) is 2. The van der Waals surface area contributed by atoms with Gasteiger partial charge in [0.2, 0.25) is 5.91 Å². The van der Waals surface area contributed by atoms with Crippen LogP contribution in [0.5, 0.6) is 0 Å². The van der Waals surface area contributed by atoms with E-state index in [2.05, 4.69) is 0 Å². The minimum absolute atomic E-state index is 0.0657. The number of carbonyl (C=O) groups is 1. The first-order chi connectivity index (χ1) is 9.06. The van der Waals surface area contributed by atoms with E-state index in [1.54, 1.807) is 12.1 Å². The SMILES string of the molecule is C[C@@H](N)[C@H]1CCCN(C(=O)Cc2cccc(F)c2)C1. The van der Waals surface area contributed by atoms with Crippen molar-refractivity contribution in [2.45, 2.75) is 32.2 Å². The first-order valence-corrected chi connectivity index (χ1v) is 6.84. The first kappa shape index (κ1) is 14.0. The van der Waals surface area contributed by atoms with Crippen LogP contribution in [-0.4, -0.2) is 29.9 Å². The summed E-state index contributed by atoms with van der Waals surface area (Å²) in [6.45, 7) is 3.51. The molecule has 0 radical (unpaired) electrons. The Morgan fingerprint density at radius 2 is 2.37 bits per heavy atom. The van der Waals surface area contributed by atoms with Crippen LogP contribution in [0.1, 0.15) is 25.3 Å². The van der Waals surface area contributed by atoms with Crippen LogP contribution in [0.2, 0.25) is 0 Å². The molecule has 0 aliphatic carbocycles. The van der Waals surface area contributed by atoms with E-state index in [-0.39, 0.29) is 24.2 Å². The molecule has 19 heavy (non-hydrogen) atoms. The van der Waals surface area contributed by atoms with Crippen LogP contribution in [0.3, 0.4) is 0 Å². The van der Waals surface area contributed by atoms with E-state index in [4.69, 9.17) is 5.73 Å². The van der Waals surface area contributed by atoms with Crippen LogP contribution in [-0.2, 0) is 11.2 Å². The second-order valence-corrected chi connectivity index (χ2v) is 5.41. The molecule has 0 bridgehead atoms. The molecule has 1 aliphatic rings. The second-order valence-electron chi connectivity index (χ2n) is 5.41. The first-order valence-electron chi connectivity index (χ1n) is 6.84. The predicted octanol–water partition coefficient (Wildman–Crippen LogP) is 1.95. The Labute approximate surface area is 113 Å². The van der Waals surface area contributed by atoms with Gasteiger partial charge in [0.05, 0.1) is 6.42 Å². The number of nitrogens with two attached hydrogens (primary N) is 1. The zero-order valence-electron chi connectivity index (χ0n) is 11.3. The highest BCUT2D eigenvalue weighted by Crippen LogP contribution is 2.19. The van der Waals surface area contributed by atoms with Crippen LogP contribution in [0.25, 0.3) is 0 Å². The normalized spacial score (nSPS) is 21.2. The van der Waals surface area contributed by atoms with E-state index in [9.17, 15) is 9.18 Å². The van der Waals surface area contributed by atoms with Crippen LogP contribution in [0.15, 0.2) is 24.3 Å². The summed E-state index contributed by atoms with van der Waals surface area (Å²) in [5.74, 6) is 0.151. The fraction of sp³-hybridized carbons (Fsp3) is 0.533. The molecule has 3 nitrogen and oxygen atoms in total. The minimum Gasteiger partial charge on any atom is -0.342 e. The number of carbonyl (C=O) groups excluding carboxylic acids is 1. The lowest BCUT2D eigenvalue weighted by atomic mass is 9.92. The minimum atomic E-state index is -0.294. The van der Waals surface area contributed by atoms with Crippen LogP contribution < -0.4 is 5.73 Å². The Balaban J connectivity index is 1.96. The van der Waals surface area contributed by atoms with Crippen molar-refractivity contribution in [1.29, 1.82) is 0 Å². The lowest BCUT2D eigenvalue weighted by Gasteiger charge is -2.34. The van der Waals surface area contributed by atoms with E-state index in [0.717, 1.165) is 31.5 Å². The molecule has 4 heteroatoms. The Kier molecular flexibility index (Phi) is 4.53. The summed E-state index contributed by atoms with van der Waals surface area (Å²) in [6, 6.07) is 6.35. The number of halogens is 1. The largest absolute Gasteiger partial charge is 0.342 e. The lowest BCUT2D eigenvalue weighted by molar-refractivity contribution is -0.132. The molecule has 1 saturated heterocycles. The third-order valence-electron chi connectivity index (χ3n) is 3.80. The molecule has 0 saturated carbocycles. The van der Waals surface area contributed by atoms with Gasteiger partial charge >= 0.3 is 0 Å². The standard InChI is InChI=1S/C15H21FN2O/c1-11(17)13-5-3-7-18(10-13)15(19)9-12-4-2-6-14(16)8-12/h2,4,6,8,11,13H,3,5,7,9-10,17H2,1H3/t11-,13+/m1/s1. The molecular weight excluding hydrogens is 243 g/mol. The fourth-order valence-corrected chi connectivity index (χ4v) is 2.60. The van der Waals surface area contributed by atoms with Crippen molar-refractivity contribution in [3.8, 4) is 0 Å². The summed E-state index contributed by atoms with van der Waals surface area (Å²) in [6.07, 6.45) is 2.35. The summed E-state index contributed by atoms with van der Waals surface area (Å²) in [5, 5.41) is 0. The Bertz CT molecular complexity index is 448. The average molecular weight is 264 g/mol. The third kappa shape index (κ3) is 3.77. The maximum absolute atomic E-state index is 13.1. The van der Waals surface area contributed by atoms with Crippen LogP contribution in [0, 0.1) is 11.7 Å². The molecule has 2 N–H and O–H groups in total. The van der Waals surface area contributed by atoms with Gasteiger partial charge in [-0.15, -0.1) is 0 Å². The van der Waals surface area contributed by atoms with Crippen molar-refractivity contribution in [1.82, 2.24) is 4.90 Å². The predicted molar refractivity (Wildman–Crippen MR) is 73.1 cm³/mol. The molecule has 1 amide bonds. The molecule has 2 rings (SSSR count). The number of likely N-dealkylation sites (tertiary alicyclic amines) is 1. The summed E-state index contributed by atoms with van der Waals surface area (Å²) >= 11 is 0. The lowest BCUT2D eigenvalue weighted by Crippen LogP contribution is -2.45. The molecular formula is C15H21FN2O. The molecule has 104 valence electrons. The monoisotopic (exact) mass is 264 g/mol. The molecule has 1 fully saturated rings. The molecule has 0 aromatic heterocycles. The van der Waals surface area contributed by atoms with Crippen molar-refractivity contribution in [2.75, 3.05) is 13.1 Å². The number of amides is 1. The fourth-order valence-electron chi connectivity index (χ4n) is 2.60. The second kappa shape index (κ2) is 6.15. The van der Waals surface area contributed by atoms with Crippen LogP contribution >= 0.6 is 0 Å². The number of benzene rings is 1. The summed E-state index contributed by atoms with van der Waals surface area (Å²) in [5.41, 5.74) is 6.64. The van der Waals surface area contributed by atoms with E-state index in [1.165, 1.54) is 12.1 Å². The van der Waals surface area contributed by atoms with E-state index < -0.39 is 0 Å². The topological polar surface area (TPSA) is 46.3 Å². The molecule has 2 atom stereocenters. The van der Waals surface area contributed by atoms with Crippen molar-refractivity contribution < 1.29 is 9.18 Å². The van der Waals surface area contributed by atoms with Crippen molar-refractivity contribution in [2.24, 2.45) is 11.7 Å². The van der Waals surface area contributed by atoms with E-state index in [1.807, 2.05) is 11.8 Å². The van der Waals surface area contributed by atoms with Gasteiger partial charge in [-0.25, -0.2) is 4.39 Å². The molecule has 1 heterocycles. The smallest absolute Gasteiger partial charge is 0.227 e. The number of hydrogen-bond donors (Lipinski definition) is 1. The highest BCUT2D eigenvalue weighted by Gasteiger charge is 2.25. The van der Waals surface area contributed by atoms with Gasteiger partial charge in [-0.05, 0) is 43.4 Å². The molecule has 0 unspecified atom stereocenters. The molecule has 1 aromatic rings. The maximum Gasteiger partial charge on any atom is 0.227 e. The van der Waals surface area contributed by atoms with Gasteiger partial charge in [0.1, 0.15) is 5.82 Å². The van der Waals surface area contributed by atoms with Gasteiger partial charge in [0.15, 0.2) is 0 Å². The summed E-state index contributed by atoms with van der Waals surface area (Å²) < 4.78 is 13.1. The van der Waals surface area contributed by atoms with Gasteiger partial charge in [-0.2, -0.15) is 0 Å². The van der Waals surface area contributed by atoms with Crippen molar-refractivity contribution in [3.63, 3.8) is 0 Å².